The Balaban J connectivity index is 1.17. The topological polar surface area (TPSA) is 73.8 Å². The summed E-state index contributed by atoms with van der Waals surface area (Å²) in [6.45, 7) is 11.1. The molecular formula is C31H37F3N6O2S. The number of hydrogen-bond acceptors (Lipinski definition) is 8. The zero-order valence-corrected chi connectivity index (χ0v) is 25.3. The van der Waals surface area contributed by atoms with E-state index in [-0.39, 0.29) is 5.91 Å². The zero-order valence-electron chi connectivity index (χ0n) is 24.5. The average Bonchev–Trinajstić information content (AvgIpc) is 3.02. The Kier molecular flexibility index (Phi) is 10.1. The summed E-state index contributed by atoms with van der Waals surface area (Å²) in [4.78, 5) is 28.8. The lowest BCUT2D eigenvalue weighted by Crippen LogP contribution is -2.47. The molecule has 43 heavy (non-hydrogen) atoms. The number of rotatable bonds is 9. The number of ether oxygens (including phenoxy) is 1. The maximum atomic E-state index is 13.2. The van der Waals surface area contributed by atoms with E-state index in [4.69, 9.17) is 14.7 Å². The number of carbonyl (C=O) groups is 1. The van der Waals surface area contributed by atoms with Crippen molar-refractivity contribution in [2.45, 2.75) is 30.9 Å². The van der Waals surface area contributed by atoms with Gasteiger partial charge in [-0.3, -0.25) is 9.69 Å². The van der Waals surface area contributed by atoms with E-state index in [2.05, 4.69) is 15.1 Å². The van der Waals surface area contributed by atoms with Crippen LogP contribution in [0.5, 0.6) is 0 Å². The molecule has 2 aliphatic heterocycles. The van der Waals surface area contributed by atoms with Crippen LogP contribution in [0.3, 0.4) is 0 Å². The second-order valence-electron chi connectivity index (χ2n) is 10.8. The van der Waals surface area contributed by atoms with Crippen LogP contribution in [0.2, 0.25) is 0 Å². The van der Waals surface area contributed by atoms with Gasteiger partial charge < -0.3 is 19.9 Å². The third kappa shape index (κ3) is 8.18. The van der Waals surface area contributed by atoms with Gasteiger partial charge in [-0.05, 0) is 49.7 Å². The highest BCUT2D eigenvalue weighted by Gasteiger charge is 2.31. The van der Waals surface area contributed by atoms with Crippen LogP contribution in [0.25, 0.3) is 0 Å². The van der Waals surface area contributed by atoms with E-state index in [0.717, 1.165) is 61.6 Å². The minimum atomic E-state index is -4.36. The summed E-state index contributed by atoms with van der Waals surface area (Å²) in [7, 11) is 0. The van der Waals surface area contributed by atoms with Crippen LogP contribution in [-0.4, -0.2) is 86.3 Å². The predicted octanol–water partition coefficient (Wildman–Crippen LogP) is 4.79. The Morgan fingerprint density at radius 3 is 2.42 bits per heavy atom. The number of morpholine rings is 1. The van der Waals surface area contributed by atoms with Crippen molar-refractivity contribution in [2.75, 3.05) is 75.4 Å². The lowest BCUT2D eigenvalue weighted by molar-refractivity contribution is -0.137. The van der Waals surface area contributed by atoms with E-state index in [0.29, 0.717) is 54.9 Å². The minimum absolute atomic E-state index is 0.0888. The van der Waals surface area contributed by atoms with Gasteiger partial charge in [0, 0.05) is 80.6 Å². The molecule has 2 aromatic carbocycles. The average molecular weight is 615 g/mol. The summed E-state index contributed by atoms with van der Waals surface area (Å²) in [5, 5.41) is 3.67. The molecule has 0 unspecified atom stereocenters. The van der Waals surface area contributed by atoms with E-state index in [1.54, 1.807) is 6.07 Å². The number of amides is 1. The maximum absolute atomic E-state index is 13.2. The van der Waals surface area contributed by atoms with Crippen LogP contribution in [0.15, 0.2) is 53.7 Å². The molecule has 2 saturated heterocycles. The third-order valence-electron chi connectivity index (χ3n) is 7.84. The molecule has 3 aromatic rings. The summed E-state index contributed by atoms with van der Waals surface area (Å²) in [6.07, 6.45) is -4.36. The number of carbonyl (C=O) groups excluding carboxylic acids is 1. The first-order valence-electron chi connectivity index (χ1n) is 14.5. The molecule has 0 radical (unpaired) electrons. The molecule has 0 aliphatic carbocycles. The second-order valence-corrected chi connectivity index (χ2v) is 11.7. The summed E-state index contributed by atoms with van der Waals surface area (Å²) in [5.74, 6) is 1.38. The van der Waals surface area contributed by atoms with Gasteiger partial charge in [0.05, 0.1) is 18.8 Å². The van der Waals surface area contributed by atoms with Gasteiger partial charge in [0.25, 0.3) is 5.91 Å². The van der Waals surface area contributed by atoms with Crippen LogP contribution in [-0.2, 0) is 16.7 Å². The van der Waals surface area contributed by atoms with E-state index >= 15 is 0 Å². The number of aryl methyl sites for hydroxylation is 1. The normalized spacial score (nSPS) is 16.4. The van der Waals surface area contributed by atoms with Crippen molar-refractivity contribution in [1.29, 1.82) is 0 Å². The van der Waals surface area contributed by atoms with Gasteiger partial charge in [-0.2, -0.15) is 13.2 Å². The molecular weight excluding hydrogens is 577 g/mol. The minimum Gasteiger partial charge on any atom is -0.379 e. The third-order valence-corrected chi connectivity index (χ3v) is 8.75. The van der Waals surface area contributed by atoms with Gasteiger partial charge in [-0.1, -0.05) is 30.0 Å². The fourth-order valence-electron chi connectivity index (χ4n) is 5.22. The molecule has 1 amide bonds. The lowest BCUT2D eigenvalue weighted by atomic mass is 10.1. The molecule has 3 heterocycles. The van der Waals surface area contributed by atoms with Gasteiger partial charge in [0.1, 0.15) is 5.82 Å². The van der Waals surface area contributed by atoms with E-state index in [9.17, 15) is 18.0 Å². The van der Waals surface area contributed by atoms with Crippen LogP contribution >= 0.6 is 11.8 Å². The van der Waals surface area contributed by atoms with Gasteiger partial charge in [0.15, 0.2) is 5.16 Å². The van der Waals surface area contributed by atoms with Crippen molar-refractivity contribution in [2.24, 2.45) is 0 Å². The highest BCUT2D eigenvalue weighted by Crippen LogP contribution is 2.32. The van der Waals surface area contributed by atoms with Gasteiger partial charge in [-0.15, -0.1) is 0 Å². The molecule has 0 bridgehead atoms. The lowest BCUT2D eigenvalue weighted by Gasteiger charge is -2.37. The van der Waals surface area contributed by atoms with Gasteiger partial charge >= 0.3 is 6.18 Å². The van der Waals surface area contributed by atoms with Crippen molar-refractivity contribution in [1.82, 2.24) is 20.2 Å². The van der Waals surface area contributed by atoms with E-state index in [1.165, 1.54) is 23.9 Å². The van der Waals surface area contributed by atoms with Crippen LogP contribution in [0.1, 0.15) is 32.7 Å². The fraction of sp³-hybridized carbons (Fsp3) is 0.452. The smallest absolute Gasteiger partial charge is 0.379 e. The summed E-state index contributed by atoms with van der Waals surface area (Å²) in [5.41, 5.74) is 3.46. The predicted molar refractivity (Wildman–Crippen MR) is 163 cm³/mol. The fourth-order valence-corrected chi connectivity index (χ4v) is 6.05. The Morgan fingerprint density at radius 2 is 1.67 bits per heavy atom. The Hall–Kier alpha value is -3.35. The van der Waals surface area contributed by atoms with Crippen molar-refractivity contribution in [3.05, 3.63) is 76.5 Å². The summed E-state index contributed by atoms with van der Waals surface area (Å²) < 4.78 is 45.0. The number of nitrogens with one attached hydrogen (secondary N) is 1. The quantitative estimate of drug-likeness (QED) is 0.273. The molecule has 2 aliphatic rings. The molecule has 1 N–H and O–H groups in total. The number of halogens is 3. The van der Waals surface area contributed by atoms with Crippen molar-refractivity contribution >= 4 is 29.2 Å². The number of thioether (sulfide) groups is 1. The number of aromatic nitrogens is 2. The first kappa shape index (κ1) is 31.1. The SMILES string of the molecule is Cc1nc(SCc2cccc(C(=O)NCCN3CCOCC3)c2)nc(N2CCN(c3cccc(C(F)(F)F)c3)CC2)c1C. The zero-order chi connectivity index (χ0) is 30.4. The first-order chi connectivity index (χ1) is 20.7. The monoisotopic (exact) mass is 614 g/mol. The molecule has 5 rings (SSSR count). The number of piperazine rings is 1. The van der Waals surface area contributed by atoms with Crippen LogP contribution in [0.4, 0.5) is 24.7 Å². The second kappa shape index (κ2) is 14.0. The number of benzene rings is 2. The highest BCUT2D eigenvalue weighted by molar-refractivity contribution is 7.98. The first-order valence-corrected chi connectivity index (χ1v) is 15.5. The number of alkyl halides is 3. The molecule has 1 aromatic heterocycles. The number of anilines is 2. The van der Waals surface area contributed by atoms with Gasteiger partial charge in [0.2, 0.25) is 0 Å². The van der Waals surface area contributed by atoms with E-state index < -0.39 is 11.7 Å². The van der Waals surface area contributed by atoms with Gasteiger partial charge in [-0.25, -0.2) is 9.97 Å². The molecule has 230 valence electrons. The molecule has 2 fully saturated rings. The number of hydrogen-bond donors (Lipinski definition) is 1. The van der Waals surface area contributed by atoms with Crippen molar-refractivity contribution in [3.8, 4) is 0 Å². The molecule has 0 saturated carbocycles. The van der Waals surface area contributed by atoms with E-state index in [1.807, 2.05) is 43.0 Å². The molecule has 0 atom stereocenters. The Labute approximate surface area is 254 Å². The van der Waals surface area contributed by atoms with Crippen LogP contribution < -0.4 is 15.1 Å². The molecule has 12 heteroatoms. The van der Waals surface area contributed by atoms with Crippen molar-refractivity contribution in [3.63, 3.8) is 0 Å². The summed E-state index contributed by atoms with van der Waals surface area (Å²) >= 11 is 1.52. The standard InChI is InChI=1S/C31H37F3N6O2S/c1-22-23(2)36-30(37-28(22)40-13-11-39(12-14-40)27-8-4-7-26(20-27)31(32,33)34)43-21-24-5-3-6-25(19-24)29(41)35-9-10-38-15-17-42-18-16-38/h3-8,19-20H,9-18,21H2,1-2H3,(H,35,41). The highest BCUT2D eigenvalue weighted by atomic mass is 32.2. The molecule has 0 spiro atoms. The largest absolute Gasteiger partial charge is 0.416 e. The summed E-state index contributed by atoms with van der Waals surface area (Å²) in [6, 6.07) is 13.1. The number of nitrogens with zero attached hydrogens (tertiary/aromatic N) is 5. The Morgan fingerprint density at radius 1 is 0.953 bits per heavy atom. The maximum Gasteiger partial charge on any atom is 0.416 e. The molecule has 8 nitrogen and oxygen atoms in total. The van der Waals surface area contributed by atoms with Crippen molar-refractivity contribution < 1.29 is 22.7 Å². The Bertz CT molecular complexity index is 1410. The van der Waals surface area contributed by atoms with Crippen LogP contribution in [0, 0.1) is 13.8 Å².